The fourth-order valence-corrected chi connectivity index (χ4v) is 1.94. The van der Waals surface area contributed by atoms with E-state index >= 15 is 0 Å². The topological polar surface area (TPSA) is 145 Å². The van der Waals surface area contributed by atoms with Crippen LogP contribution in [0.5, 0.6) is 0 Å². The largest absolute Gasteiger partial charge is 0.481 e. The first-order valence-electron chi connectivity index (χ1n) is 7.50. The van der Waals surface area contributed by atoms with E-state index in [0.29, 0.717) is 26.1 Å². The quantitative estimate of drug-likeness (QED) is 0.239. The molecule has 0 rings (SSSR count). The fraction of sp³-hybridized carbons (Fsp3) is 0.714. The molecular formula is C14H24N2O8. The molecule has 0 unspecified atom stereocenters. The van der Waals surface area contributed by atoms with Gasteiger partial charge in [0.05, 0.1) is 19.3 Å². The summed E-state index contributed by atoms with van der Waals surface area (Å²) in [7, 11) is 0. The average molecular weight is 348 g/mol. The summed E-state index contributed by atoms with van der Waals surface area (Å²) in [4.78, 5) is 45.6. The van der Waals surface area contributed by atoms with Crippen molar-refractivity contribution in [3.63, 3.8) is 0 Å². The predicted molar refractivity (Wildman–Crippen MR) is 81.7 cm³/mol. The predicted octanol–water partition coefficient (Wildman–Crippen LogP) is -0.812. The maximum absolute atomic E-state index is 10.7. The molecule has 0 aromatic carbocycles. The number of nitrogens with zero attached hydrogens (tertiary/aromatic N) is 2. The van der Waals surface area contributed by atoms with E-state index in [2.05, 4.69) is 4.74 Å². The Labute approximate surface area is 139 Å². The molecule has 3 N–H and O–H groups in total. The average Bonchev–Trinajstić information content (AvgIpc) is 2.50. The zero-order valence-electron chi connectivity index (χ0n) is 13.4. The van der Waals surface area contributed by atoms with Gasteiger partial charge in [-0.25, -0.2) is 0 Å². The minimum Gasteiger partial charge on any atom is -0.481 e. The Kier molecular flexibility index (Phi) is 12.0. The van der Waals surface area contributed by atoms with Crippen LogP contribution in [0, 0.1) is 0 Å². The highest BCUT2D eigenvalue weighted by molar-refractivity contribution is 5.67. The lowest BCUT2D eigenvalue weighted by atomic mass is 10.3. The maximum atomic E-state index is 10.7. The molecule has 0 atom stereocenters. The van der Waals surface area contributed by atoms with Crippen LogP contribution in [0.2, 0.25) is 0 Å². The third-order valence-electron chi connectivity index (χ3n) is 3.25. The summed E-state index contributed by atoms with van der Waals surface area (Å²) in [6.07, 6.45) is -0.294. The zero-order valence-corrected chi connectivity index (χ0v) is 13.4. The second-order valence-electron chi connectivity index (χ2n) is 5.08. The highest BCUT2D eigenvalue weighted by Crippen LogP contribution is 1.99. The van der Waals surface area contributed by atoms with E-state index in [9.17, 15) is 19.2 Å². The van der Waals surface area contributed by atoms with Crippen molar-refractivity contribution in [2.75, 3.05) is 45.9 Å². The van der Waals surface area contributed by atoms with Gasteiger partial charge in [-0.1, -0.05) is 0 Å². The molecule has 138 valence electrons. The fourth-order valence-electron chi connectivity index (χ4n) is 1.94. The molecule has 10 heteroatoms. The molecular weight excluding hydrogens is 324 g/mol. The monoisotopic (exact) mass is 348 g/mol. The van der Waals surface area contributed by atoms with Crippen molar-refractivity contribution in [2.45, 2.75) is 19.3 Å². The number of carbonyl (C=O) groups is 4. The van der Waals surface area contributed by atoms with Crippen molar-refractivity contribution in [2.24, 2.45) is 0 Å². The van der Waals surface area contributed by atoms with Crippen molar-refractivity contribution in [1.29, 1.82) is 0 Å². The van der Waals surface area contributed by atoms with Gasteiger partial charge < -0.3 is 25.0 Å². The summed E-state index contributed by atoms with van der Waals surface area (Å²) in [5.41, 5.74) is 0. The summed E-state index contributed by atoms with van der Waals surface area (Å²) in [5, 5.41) is 26.2. The number of carbonyl (C=O) groups excluding carboxylic acids is 1. The van der Waals surface area contributed by atoms with Crippen LogP contribution < -0.4 is 0 Å². The highest BCUT2D eigenvalue weighted by Gasteiger charge is 2.13. The Morgan fingerprint density at radius 3 is 1.42 bits per heavy atom. The van der Waals surface area contributed by atoms with Crippen LogP contribution in [0.4, 0.5) is 0 Å². The molecule has 0 aliphatic carbocycles. The summed E-state index contributed by atoms with van der Waals surface area (Å²) >= 11 is 0. The summed E-state index contributed by atoms with van der Waals surface area (Å²) in [6, 6.07) is 0. The first-order valence-corrected chi connectivity index (χ1v) is 7.50. The van der Waals surface area contributed by atoms with Crippen molar-refractivity contribution in [3.8, 4) is 0 Å². The molecule has 0 amide bonds. The van der Waals surface area contributed by atoms with Gasteiger partial charge in [0.25, 0.3) is 6.47 Å². The summed E-state index contributed by atoms with van der Waals surface area (Å²) < 4.78 is 4.60. The standard InChI is InChI=1S/C14H24N2O8/c17-11-24-10-9-16(6-3-14(22)23)8-7-15(4-1-12(18)19)5-2-13(20)21/h11H,1-10H2,(H,18,19)(H,20,21)(H,22,23). The van der Waals surface area contributed by atoms with Crippen LogP contribution >= 0.6 is 0 Å². The third-order valence-corrected chi connectivity index (χ3v) is 3.25. The first kappa shape index (κ1) is 21.8. The lowest BCUT2D eigenvalue weighted by Crippen LogP contribution is -2.39. The molecule has 0 aromatic heterocycles. The summed E-state index contributed by atoms with van der Waals surface area (Å²) in [5.74, 6) is -2.90. The van der Waals surface area contributed by atoms with Crippen LogP contribution in [0.25, 0.3) is 0 Å². The second kappa shape index (κ2) is 13.3. The molecule has 0 bridgehead atoms. The molecule has 0 heterocycles. The molecule has 0 saturated heterocycles. The minimum absolute atomic E-state index is 0.0780. The third kappa shape index (κ3) is 13.5. The van der Waals surface area contributed by atoms with Crippen LogP contribution in [0.15, 0.2) is 0 Å². The number of hydrogen-bond acceptors (Lipinski definition) is 7. The molecule has 0 aromatic rings. The van der Waals surface area contributed by atoms with Gasteiger partial charge in [-0.15, -0.1) is 0 Å². The van der Waals surface area contributed by atoms with Crippen molar-refractivity contribution < 1.29 is 39.2 Å². The molecule has 0 spiro atoms. The summed E-state index contributed by atoms with van der Waals surface area (Å²) in [6.45, 7) is 2.24. The number of hydrogen-bond donors (Lipinski definition) is 3. The van der Waals surface area contributed by atoms with E-state index in [1.807, 2.05) is 0 Å². The van der Waals surface area contributed by atoms with Crippen molar-refractivity contribution >= 4 is 24.4 Å². The Balaban J connectivity index is 4.47. The molecule has 24 heavy (non-hydrogen) atoms. The van der Waals surface area contributed by atoms with E-state index in [4.69, 9.17) is 15.3 Å². The van der Waals surface area contributed by atoms with E-state index in [1.165, 1.54) is 0 Å². The van der Waals surface area contributed by atoms with Gasteiger partial charge >= 0.3 is 17.9 Å². The Morgan fingerprint density at radius 1 is 0.708 bits per heavy atom. The van der Waals surface area contributed by atoms with Gasteiger partial charge in [0.1, 0.15) is 6.61 Å². The van der Waals surface area contributed by atoms with Crippen LogP contribution in [0.3, 0.4) is 0 Å². The molecule has 0 saturated carbocycles. The number of aliphatic carboxylic acids is 3. The SMILES string of the molecule is O=COCCN(CCC(=O)O)CCN(CCC(=O)O)CCC(=O)O. The van der Waals surface area contributed by atoms with E-state index in [-0.39, 0.29) is 45.5 Å². The first-order chi connectivity index (χ1) is 11.3. The molecule has 0 aliphatic heterocycles. The molecule has 0 fully saturated rings. The number of rotatable bonds is 16. The van der Waals surface area contributed by atoms with Crippen LogP contribution in [-0.2, 0) is 23.9 Å². The zero-order chi connectivity index (χ0) is 18.4. The van der Waals surface area contributed by atoms with Gasteiger partial charge in [0.2, 0.25) is 0 Å². The minimum atomic E-state index is -0.975. The van der Waals surface area contributed by atoms with Crippen molar-refractivity contribution in [1.82, 2.24) is 9.80 Å². The van der Waals surface area contributed by atoms with Crippen LogP contribution in [-0.4, -0.2) is 95.4 Å². The Bertz CT molecular complexity index is 398. The number of carboxylic acids is 3. The number of ether oxygens (including phenoxy) is 1. The lowest BCUT2D eigenvalue weighted by molar-refractivity contribution is -0.139. The van der Waals surface area contributed by atoms with Gasteiger partial charge in [0, 0.05) is 39.3 Å². The van der Waals surface area contributed by atoms with E-state index in [0.717, 1.165) is 0 Å². The van der Waals surface area contributed by atoms with Gasteiger partial charge in [-0.05, 0) is 0 Å². The van der Waals surface area contributed by atoms with Gasteiger partial charge in [-0.3, -0.25) is 24.1 Å². The normalized spacial score (nSPS) is 10.8. The van der Waals surface area contributed by atoms with E-state index < -0.39 is 17.9 Å². The lowest BCUT2D eigenvalue weighted by Gasteiger charge is -2.26. The maximum Gasteiger partial charge on any atom is 0.304 e. The van der Waals surface area contributed by atoms with Gasteiger partial charge in [-0.2, -0.15) is 0 Å². The molecule has 0 aliphatic rings. The molecule has 0 radical (unpaired) electrons. The van der Waals surface area contributed by atoms with E-state index in [1.54, 1.807) is 9.80 Å². The number of carboxylic acid groups (broad SMARTS) is 3. The van der Waals surface area contributed by atoms with Gasteiger partial charge in [0.15, 0.2) is 0 Å². The Hall–Kier alpha value is -2.20. The highest BCUT2D eigenvalue weighted by atomic mass is 16.5. The van der Waals surface area contributed by atoms with Crippen LogP contribution in [0.1, 0.15) is 19.3 Å². The second-order valence-corrected chi connectivity index (χ2v) is 5.08. The molecule has 10 nitrogen and oxygen atoms in total. The Morgan fingerprint density at radius 2 is 1.08 bits per heavy atom. The van der Waals surface area contributed by atoms with Crippen molar-refractivity contribution in [3.05, 3.63) is 0 Å². The smallest absolute Gasteiger partial charge is 0.304 e.